The highest BCUT2D eigenvalue weighted by Gasteiger charge is 2.33. The molecule has 1 saturated heterocycles. The summed E-state index contributed by atoms with van der Waals surface area (Å²) in [5, 5.41) is 0.809. The lowest BCUT2D eigenvalue weighted by molar-refractivity contribution is -0.125. The second kappa shape index (κ2) is 9.82. The van der Waals surface area contributed by atoms with Gasteiger partial charge in [0, 0.05) is 31.8 Å². The molecule has 2 N–H and O–H groups in total. The Balaban J connectivity index is 1.29. The number of fused-ring (bicyclic) bond motifs is 1. The van der Waals surface area contributed by atoms with E-state index in [2.05, 4.69) is 50.7 Å². The molecule has 3 aliphatic rings. The first-order chi connectivity index (χ1) is 18.0. The van der Waals surface area contributed by atoms with Gasteiger partial charge in [0.05, 0.1) is 24.1 Å². The topological polar surface area (TPSA) is 89.5 Å². The predicted molar refractivity (Wildman–Crippen MR) is 146 cm³/mol. The van der Waals surface area contributed by atoms with Gasteiger partial charge in [-0.3, -0.25) is 14.3 Å². The molecule has 1 amide bonds. The third-order valence-corrected chi connectivity index (χ3v) is 8.40. The Labute approximate surface area is 218 Å². The Morgan fingerprint density at radius 3 is 2.62 bits per heavy atom. The van der Waals surface area contributed by atoms with Gasteiger partial charge in [-0.15, -0.1) is 0 Å². The minimum absolute atomic E-state index is 0.0428. The number of carbonyl (C=O) groups excluding carboxylic acids is 1. The Hall–Kier alpha value is -3.39. The van der Waals surface area contributed by atoms with Crippen LogP contribution in [-0.2, 0) is 4.79 Å². The molecule has 194 valence electrons. The molecule has 37 heavy (non-hydrogen) atoms. The molecule has 1 aromatic carbocycles. The molecule has 0 radical (unpaired) electrons. The van der Waals surface area contributed by atoms with E-state index in [1.54, 1.807) is 13.2 Å². The standard InChI is InChI=1S/C29H36N6O2/c1-33(22-12-13-22)15-4-7-24(36)34-16-14-23(17-34)35-28-26(27(30)31-18-32-28)25(29(35)37-2)21-10-8-20(9-11-21)19-5-3-6-19/h4,7-11,18-19,22-23H,3,5-6,12-17H2,1-2H3,(H2,30,31,32)/b7-4+. The highest BCUT2D eigenvalue weighted by Crippen LogP contribution is 2.45. The quantitative estimate of drug-likeness (QED) is 0.462. The van der Waals surface area contributed by atoms with Crippen molar-refractivity contribution < 1.29 is 9.53 Å². The van der Waals surface area contributed by atoms with Crippen molar-refractivity contribution in [2.75, 3.05) is 39.5 Å². The number of likely N-dealkylation sites (N-methyl/N-ethyl adjacent to an activating group) is 1. The molecule has 1 atom stereocenters. The zero-order valence-electron chi connectivity index (χ0n) is 21.8. The van der Waals surface area contributed by atoms with E-state index in [0.29, 0.717) is 30.9 Å². The first-order valence-electron chi connectivity index (χ1n) is 13.5. The molecule has 2 saturated carbocycles. The number of benzene rings is 1. The third-order valence-electron chi connectivity index (χ3n) is 8.40. The number of likely N-dealkylation sites (tertiary alicyclic amines) is 1. The number of nitrogen functional groups attached to an aromatic ring is 1. The van der Waals surface area contributed by atoms with Crippen molar-refractivity contribution in [1.82, 2.24) is 24.3 Å². The molecule has 2 aromatic heterocycles. The van der Waals surface area contributed by atoms with Crippen LogP contribution in [0.25, 0.3) is 22.2 Å². The lowest BCUT2D eigenvalue weighted by Crippen LogP contribution is -2.28. The van der Waals surface area contributed by atoms with Crippen molar-refractivity contribution in [2.45, 2.75) is 56.5 Å². The number of hydrogen-bond donors (Lipinski definition) is 1. The van der Waals surface area contributed by atoms with Crippen LogP contribution in [-0.4, -0.2) is 70.1 Å². The number of nitrogens with zero attached hydrogens (tertiary/aromatic N) is 5. The number of anilines is 1. The van der Waals surface area contributed by atoms with Crippen LogP contribution >= 0.6 is 0 Å². The molecule has 8 heteroatoms. The van der Waals surface area contributed by atoms with Gasteiger partial charge in [-0.25, -0.2) is 9.97 Å². The summed E-state index contributed by atoms with van der Waals surface area (Å²) in [6.07, 6.45) is 12.4. The van der Waals surface area contributed by atoms with Crippen molar-refractivity contribution in [2.24, 2.45) is 0 Å². The molecular formula is C29H36N6O2. The van der Waals surface area contributed by atoms with Crippen molar-refractivity contribution >= 4 is 22.8 Å². The molecule has 2 aliphatic carbocycles. The van der Waals surface area contributed by atoms with Crippen molar-refractivity contribution in [3.63, 3.8) is 0 Å². The van der Waals surface area contributed by atoms with Crippen molar-refractivity contribution in [3.05, 3.63) is 48.3 Å². The van der Waals surface area contributed by atoms with E-state index >= 15 is 0 Å². The molecule has 3 fully saturated rings. The Morgan fingerprint density at radius 1 is 1.16 bits per heavy atom. The van der Waals surface area contributed by atoms with Gasteiger partial charge in [0.1, 0.15) is 17.8 Å². The van der Waals surface area contributed by atoms with Crippen LogP contribution in [0.15, 0.2) is 42.7 Å². The number of methoxy groups -OCH3 is 1. The molecule has 3 heterocycles. The van der Waals surface area contributed by atoms with Gasteiger partial charge in [0.25, 0.3) is 0 Å². The summed E-state index contributed by atoms with van der Waals surface area (Å²) in [5.74, 6) is 1.90. The summed E-state index contributed by atoms with van der Waals surface area (Å²) in [6, 6.07) is 9.51. The first kappa shape index (κ1) is 24.0. The van der Waals surface area contributed by atoms with Crippen molar-refractivity contribution in [3.8, 4) is 17.0 Å². The van der Waals surface area contributed by atoms with Gasteiger partial charge >= 0.3 is 0 Å². The highest BCUT2D eigenvalue weighted by molar-refractivity contribution is 6.04. The van der Waals surface area contributed by atoms with Crippen LogP contribution in [0.1, 0.15) is 56.0 Å². The molecule has 6 rings (SSSR count). The number of nitrogens with two attached hydrogens (primary N) is 1. The molecule has 0 bridgehead atoms. The summed E-state index contributed by atoms with van der Waals surface area (Å²) >= 11 is 0. The molecule has 8 nitrogen and oxygen atoms in total. The normalized spacial score (nSPS) is 20.3. The number of hydrogen-bond acceptors (Lipinski definition) is 6. The Bertz CT molecular complexity index is 1320. The van der Waals surface area contributed by atoms with Crippen LogP contribution in [0.5, 0.6) is 5.88 Å². The molecule has 1 aliphatic heterocycles. The van der Waals surface area contributed by atoms with Crippen LogP contribution in [0.3, 0.4) is 0 Å². The summed E-state index contributed by atoms with van der Waals surface area (Å²) in [6.45, 7) is 2.11. The van der Waals surface area contributed by atoms with Gasteiger partial charge in [-0.05, 0) is 56.2 Å². The van der Waals surface area contributed by atoms with Gasteiger partial charge in [0.2, 0.25) is 11.8 Å². The fourth-order valence-electron chi connectivity index (χ4n) is 5.85. The second-order valence-electron chi connectivity index (χ2n) is 10.8. The average molecular weight is 501 g/mol. The number of carbonyl (C=O) groups is 1. The fraction of sp³-hybridized carbons (Fsp3) is 0.483. The van der Waals surface area contributed by atoms with E-state index in [1.807, 2.05) is 11.0 Å². The largest absolute Gasteiger partial charge is 0.482 e. The van der Waals surface area contributed by atoms with Gasteiger partial charge in [-0.1, -0.05) is 36.8 Å². The number of rotatable bonds is 8. The van der Waals surface area contributed by atoms with Gasteiger partial charge in [0.15, 0.2) is 0 Å². The van der Waals surface area contributed by atoms with Crippen LogP contribution in [0.2, 0.25) is 0 Å². The van der Waals surface area contributed by atoms with Gasteiger partial charge < -0.3 is 15.4 Å². The summed E-state index contributed by atoms with van der Waals surface area (Å²) < 4.78 is 8.15. The maximum Gasteiger partial charge on any atom is 0.246 e. The van der Waals surface area contributed by atoms with Gasteiger partial charge in [-0.2, -0.15) is 0 Å². The first-order valence-corrected chi connectivity index (χ1v) is 13.5. The minimum atomic E-state index is 0.0428. The van der Waals surface area contributed by atoms with Crippen LogP contribution < -0.4 is 10.5 Å². The molecular weight excluding hydrogens is 464 g/mol. The summed E-state index contributed by atoms with van der Waals surface area (Å²) in [7, 11) is 3.81. The number of amides is 1. The lowest BCUT2D eigenvalue weighted by Gasteiger charge is -2.25. The monoisotopic (exact) mass is 500 g/mol. The maximum atomic E-state index is 12.9. The van der Waals surface area contributed by atoms with E-state index in [9.17, 15) is 4.79 Å². The van der Waals surface area contributed by atoms with E-state index in [4.69, 9.17) is 10.5 Å². The minimum Gasteiger partial charge on any atom is -0.482 e. The molecule has 1 unspecified atom stereocenters. The van der Waals surface area contributed by atoms with Crippen molar-refractivity contribution in [1.29, 1.82) is 0 Å². The Morgan fingerprint density at radius 2 is 1.95 bits per heavy atom. The van der Waals surface area contributed by atoms with E-state index in [0.717, 1.165) is 41.0 Å². The van der Waals surface area contributed by atoms with E-state index in [-0.39, 0.29) is 11.9 Å². The molecule has 3 aromatic rings. The molecule has 0 spiro atoms. The number of aromatic nitrogens is 3. The lowest BCUT2D eigenvalue weighted by atomic mass is 9.80. The summed E-state index contributed by atoms with van der Waals surface area (Å²) in [4.78, 5) is 26.1. The second-order valence-corrected chi connectivity index (χ2v) is 10.8. The smallest absolute Gasteiger partial charge is 0.246 e. The highest BCUT2D eigenvalue weighted by atomic mass is 16.5. The average Bonchev–Trinajstić information content (AvgIpc) is 3.51. The third kappa shape index (κ3) is 4.48. The maximum absolute atomic E-state index is 12.9. The summed E-state index contributed by atoms with van der Waals surface area (Å²) in [5.41, 5.74) is 10.5. The van der Waals surface area contributed by atoms with Crippen LogP contribution in [0, 0.1) is 0 Å². The number of ether oxygens (including phenoxy) is 1. The predicted octanol–water partition coefficient (Wildman–Crippen LogP) is 4.38. The zero-order valence-corrected chi connectivity index (χ0v) is 21.8. The SMILES string of the molecule is COc1c(-c2ccc(C3CCC3)cc2)c2c(N)ncnc2n1C1CCN(C(=O)/C=C/CN(C)C2CC2)C1. The Kier molecular flexibility index (Phi) is 6.36. The van der Waals surface area contributed by atoms with E-state index < -0.39 is 0 Å². The van der Waals surface area contributed by atoms with E-state index in [1.165, 1.54) is 44.0 Å². The zero-order chi connectivity index (χ0) is 25.5. The fourth-order valence-corrected chi connectivity index (χ4v) is 5.85. The van der Waals surface area contributed by atoms with Crippen LogP contribution in [0.4, 0.5) is 5.82 Å².